The van der Waals surface area contributed by atoms with Crippen molar-refractivity contribution in [1.29, 1.82) is 0 Å². The van der Waals surface area contributed by atoms with Crippen LogP contribution in [0.2, 0.25) is 0 Å². The number of ether oxygens (including phenoxy) is 1. The fourth-order valence-electron chi connectivity index (χ4n) is 4.89. The molecule has 2 nitrogen and oxygen atoms in total. The molecule has 0 heterocycles. The predicted molar refractivity (Wildman–Crippen MR) is 161 cm³/mol. The quantitative estimate of drug-likeness (QED) is 0.0550. The van der Waals surface area contributed by atoms with Crippen LogP contribution in [0.25, 0.3) is 0 Å². The summed E-state index contributed by atoms with van der Waals surface area (Å²) in [4.78, 5) is 11.9. The zero-order valence-corrected chi connectivity index (χ0v) is 25.0. The summed E-state index contributed by atoms with van der Waals surface area (Å²) < 4.78 is 5.42. The molecule has 0 bridgehead atoms. The zero-order chi connectivity index (χ0) is 26.2. The number of carbonyl (C=O) groups excluding carboxylic acids is 1. The second-order valence-electron chi connectivity index (χ2n) is 11.2. The Hall–Kier alpha value is -0.790. The zero-order valence-electron chi connectivity index (χ0n) is 25.0. The summed E-state index contributed by atoms with van der Waals surface area (Å²) in [5, 5.41) is 0. The smallest absolute Gasteiger partial charge is 0.305 e. The molecule has 0 aliphatic heterocycles. The highest BCUT2D eigenvalue weighted by molar-refractivity contribution is 5.69. The van der Waals surface area contributed by atoms with Crippen LogP contribution in [-0.2, 0) is 9.53 Å². The molecule has 2 heteroatoms. The lowest BCUT2D eigenvalue weighted by Crippen LogP contribution is -2.05. The lowest BCUT2D eigenvalue weighted by atomic mass is 10.0. The normalized spacial score (nSPS) is 11.5. The van der Waals surface area contributed by atoms with Crippen molar-refractivity contribution in [1.82, 2.24) is 0 Å². The van der Waals surface area contributed by atoms with Crippen LogP contribution >= 0.6 is 0 Å². The van der Waals surface area contributed by atoms with Gasteiger partial charge in [0.2, 0.25) is 0 Å². The number of allylic oxidation sites excluding steroid dienone is 2. The maximum Gasteiger partial charge on any atom is 0.305 e. The number of hydrogen-bond donors (Lipinski definition) is 0. The average Bonchev–Trinajstić information content (AvgIpc) is 2.88. The molecule has 0 aliphatic carbocycles. The third-order valence-electron chi connectivity index (χ3n) is 7.40. The Kier molecular flexibility index (Phi) is 31.5. The summed E-state index contributed by atoms with van der Waals surface area (Å²) in [6.45, 7) is 5.18. The Morgan fingerprint density at radius 1 is 0.444 bits per heavy atom. The van der Waals surface area contributed by atoms with Crippen molar-refractivity contribution in [3.63, 3.8) is 0 Å². The topological polar surface area (TPSA) is 26.3 Å². The second-order valence-corrected chi connectivity index (χ2v) is 11.2. The van der Waals surface area contributed by atoms with Crippen molar-refractivity contribution in [3.8, 4) is 0 Å². The molecule has 0 aromatic rings. The molecule has 0 rings (SSSR count). The number of rotatable bonds is 30. The minimum absolute atomic E-state index is 0.0157. The van der Waals surface area contributed by atoms with E-state index in [2.05, 4.69) is 26.0 Å². The summed E-state index contributed by atoms with van der Waals surface area (Å²) in [7, 11) is 0. The van der Waals surface area contributed by atoms with Crippen molar-refractivity contribution < 1.29 is 9.53 Å². The van der Waals surface area contributed by atoms with Gasteiger partial charge in [-0.05, 0) is 38.5 Å². The fourth-order valence-corrected chi connectivity index (χ4v) is 4.89. The summed E-state index contributed by atoms with van der Waals surface area (Å²) in [6.07, 6.45) is 41.2. The molecule has 0 N–H and O–H groups in total. The monoisotopic (exact) mass is 507 g/mol. The van der Waals surface area contributed by atoms with Crippen LogP contribution in [0.4, 0.5) is 0 Å². The molecule has 0 fully saturated rings. The van der Waals surface area contributed by atoms with Crippen molar-refractivity contribution >= 4 is 5.97 Å². The first-order chi connectivity index (χ1) is 17.8. The lowest BCUT2D eigenvalue weighted by molar-refractivity contribution is -0.143. The largest absolute Gasteiger partial charge is 0.466 e. The van der Waals surface area contributed by atoms with E-state index >= 15 is 0 Å². The van der Waals surface area contributed by atoms with Crippen LogP contribution in [-0.4, -0.2) is 12.6 Å². The predicted octanol–water partition coefficient (Wildman–Crippen LogP) is 12.0. The summed E-state index contributed by atoms with van der Waals surface area (Å²) in [5.74, 6) is 0.0157. The van der Waals surface area contributed by atoms with Gasteiger partial charge < -0.3 is 4.74 Å². The third-order valence-corrected chi connectivity index (χ3v) is 7.40. The first kappa shape index (κ1) is 35.2. The number of esters is 1. The Labute approximate surface area is 227 Å². The van der Waals surface area contributed by atoms with Gasteiger partial charge in [-0.25, -0.2) is 0 Å². The first-order valence-electron chi connectivity index (χ1n) is 16.6. The van der Waals surface area contributed by atoms with E-state index in [1.165, 1.54) is 154 Å². The maximum absolute atomic E-state index is 11.9. The van der Waals surface area contributed by atoms with Crippen LogP contribution < -0.4 is 0 Å². The van der Waals surface area contributed by atoms with Crippen LogP contribution in [0, 0.1) is 0 Å². The molecular weight excluding hydrogens is 440 g/mol. The highest BCUT2D eigenvalue weighted by atomic mass is 16.5. The SMILES string of the molecule is CCCCCC/C=C/CCCCCCCC(=O)OCCCCCCCCCCCCCCCCCC. The van der Waals surface area contributed by atoms with Gasteiger partial charge in [0.25, 0.3) is 0 Å². The minimum atomic E-state index is 0.0157. The van der Waals surface area contributed by atoms with E-state index in [0.717, 1.165) is 19.3 Å². The third kappa shape index (κ3) is 31.2. The molecule has 36 heavy (non-hydrogen) atoms. The maximum atomic E-state index is 11.9. The van der Waals surface area contributed by atoms with Gasteiger partial charge in [0, 0.05) is 6.42 Å². The van der Waals surface area contributed by atoms with Gasteiger partial charge in [-0.1, -0.05) is 161 Å². The molecule has 0 saturated carbocycles. The average molecular weight is 507 g/mol. The molecule has 0 radical (unpaired) electrons. The van der Waals surface area contributed by atoms with Gasteiger partial charge in [0.1, 0.15) is 0 Å². The van der Waals surface area contributed by atoms with E-state index in [4.69, 9.17) is 4.74 Å². The number of carbonyl (C=O) groups is 1. The minimum Gasteiger partial charge on any atom is -0.466 e. The van der Waals surface area contributed by atoms with Crippen LogP contribution in [0.3, 0.4) is 0 Å². The Bertz CT molecular complexity index is 442. The second kappa shape index (κ2) is 32.2. The molecule has 0 amide bonds. The lowest BCUT2D eigenvalue weighted by Gasteiger charge is -2.05. The van der Waals surface area contributed by atoms with E-state index in [-0.39, 0.29) is 5.97 Å². The molecule has 0 saturated heterocycles. The van der Waals surface area contributed by atoms with Gasteiger partial charge >= 0.3 is 5.97 Å². The first-order valence-corrected chi connectivity index (χ1v) is 16.6. The van der Waals surface area contributed by atoms with Crippen molar-refractivity contribution in [2.75, 3.05) is 6.61 Å². The van der Waals surface area contributed by atoms with Crippen molar-refractivity contribution in [2.24, 2.45) is 0 Å². The van der Waals surface area contributed by atoms with E-state index in [9.17, 15) is 4.79 Å². The van der Waals surface area contributed by atoms with Gasteiger partial charge in [0.15, 0.2) is 0 Å². The molecule has 0 aliphatic rings. The molecule has 0 aromatic heterocycles. The van der Waals surface area contributed by atoms with Crippen LogP contribution in [0.1, 0.15) is 194 Å². The van der Waals surface area contributed by atoms with E-state index in [1.807, 2.05) is 0 Å². The summed E-state index contributed by atoms with van der Waals surface area (Å²) in [5.41, 5.74) is 0. The molecule has 0 aromatic carbocycles. The van der Waals surface area contributed by atoms with Gasteiger partial charge in [0.05, 0.1) is 6.61 Å². The standard InChI is InChI=1S/C34H66O2/c1-3-5-7-9-11-13-15-17-18-19-21-23-25-27-29-31-33-36-34(35)32-30-28-26-24-22-20-16-14-12-10-8-6-4-2/h14,16H,3-13,15,17-33H2,1-2H3/b16-14+. The Morgan fingerprint density at radius 2 is 0.778 bits per heavy atom. The molecule has 0 spiro atoms. The van der Waals surface area contributed by atoms with Gasteiger partial charge in [-0.3, -0.25) is 4.79 Å². The number of hydrogen-bond acceptors (Lipinski definition) is 2. The summed E-state index contributed by atoms with van der Waals surface area (Å²) >= 11 is 0. The summed E-state index contributed by atoms with van der Waals surface area (Å²) in [6, 6.07) is 0. The van der Waals surface area contributed by atoms with Crippen LogP contribution in [0.15, 0.2) is 12.2 Å². The highest BCUT2D eigenvalue weighted by Crippen LogP contribution is 2.14. The molecule has 214 valence electrons. The fraction of sp³-hybridized carbons (Fsp3) is 0.912. The van der Waals surface area contributed by atoms with Gasteiger partial charge in [-0.2, -0.15) is 0 Å². The molecular formula is C34H66O2. The Balaban J connectivity index is 3.17. The molecule has 0 unspecified atom stereocenters. The Morgan fingerprint density at radius 3 is 1.22 bits per heavy atom. The van der Waals surface area contributed by atoms with Crippen molar-refractivity contribution in [3.05, 3.63) is 12.2 Å². The van der Waals surface area contributed by atoms with E-state index in [0.29, 0.717) is 13.0 Å². The van der Waals surface area contributed by atoms with E-state index in [1.54, 1.807) is 0 Å². The van der Waals surface area contributed by atoms with Crippen molar-refractivity contribution in [2.45, 2.75) is 194 Å². The van der Waals surface area contributed by atoms with E-state index < -0.39 is 0 Å². The van der Waals surface area contributed by atoms with Gasteiger partial charge in [-0.15, -0.1) is 0 Å². The highest BCUT2D eigenvalue weighted by Gasteiger charge is 2.02. The number of unbranched alkanes of at least 4 members (excludes halogenated alkanes) is 24. The van der Waals surface area contributed by atoms with Crippen LogP contribution in [0.5, 0.6) is 0 Å². The molecule has 0 atom stereocenters.